The van der Waals surface area contributed by atoms with Gasteiger partial charge in [-0.15, -0.1) is 11.3 Å². The number of hydrogen-bond acceptors (Lipinski definition) is 3. The second-order valence-electron chi connectivity index (χ2n) is 4.74. The minimum absolute atomic E-state index is 0.308. The molecule has 1 N–H and O–H groups in total. The predicted molar refractivity (Wildman–Crippen MR) is 73.1 cm³/mol. The maximum absolute atomic E-state index is 10.3. The van der Waals surface area contributed by atoms with Crippen LogP contribution in [0.5, 0.6) is 5.75 Å². The summed E-state index contributed by atoms with van der Waals surface area (Å²) in [6.07, 6.45) is 0.767. The van der Waals surface area contributed by atoms with E-state index in [-0.39, 0.29) is 6.10 Å². The van der Waals surface area contributed by atoms with Crippen molar-refractivity contribution in [1.82, 2.24) is 0 Å². The maximum Gasteiger partial charge on any atom is 0.118 e. The van der Waals surface area contributed by atoms with Gasteiger partial charge in [-0.1, -0.05) is 18.2 Å². The number of aliphatic hydroxyl groups excluding tert-OH is 1. The van der Waals surface area contributed by atoms with E-state index < -0.39 is 0 Å². The fourth-order valence-electron chi connectivity index (χ4n) is 2.47. The average Bonchev–Trinajstić information content (AvgIpc) is 3.03. The molecule has 0 amide bonds. The van der Waals surface area contributed by atoms with E-state index in [1.165, 1.54) is 5.56 Å². The minimum Gasteiger partial charge on any atom is -0.497 e. The van der Waals surface area contributed by atoms with Crippen LogP contribution in [0.15, 0.2) is 41.8 Å². The van der Waals surface area contributed by atoms with Crippen molar-refractivity contribution in [3.63, 3.8) is 0 Å². The molecule has 1 aliphatic rings. The summed E-state index contributed by atoms with van der Waals surface area (Å²) in [6.45, 7) is 0. The lowest BCUT2D eigenvalue weighted by atomic mass is 10.1. The van der Waals surface area contributed by atoms with Gasteiger partial charge in [-0.2, -0.15) is 0 Å². The smallest absolute Gasteiger partial charge is 0.118 e. The first-order valence-electron chi connectivity index (χ1n) is 6.15. The Balaban J connectivity index is 1.69. The van der Waals surface area contributed by atoms with Crippen molar-refractivity contribution in [3.05, 3.63) is 52.2 Å². The third-order valence-corrected chi connectivity index (χ3v) is 4.57. The molecule has 3 rings (SSSR count). The Bertz CT molecular complexity index is 504. The molecule has 1 aromatic heterocycles. The second-order valence-corrected chi connectivity index (χ2v) is 5.72. The summed E-state index contributed by atoms with van der Waals surface area (Å²) in [6, 6.07) is 12.2. The Kier molecular flexibility index (Phi) is 3.10. The summed E-state index contributed by atoms with van der Waals surface area (Å²) >= 11 is 1.63. The summed E-state index contributed by atoms with van der Waals surface area (Å²) in [5.74, 6) is 1.75. The topological polar surface area (TPSA) is 29.5 Å². The molecule has 3 atom stereocenters. The third kappa shape index (κ3) is 2.16. The van der Waals surface area contributed by atoms with Gasteiger partial charge in [0.2, 0.25) is 0 Å². The van der Waals surface area contributed by atoms with Crippen LogP contribution in [-0.4, -0.2) is 12.2 Å². The molecule has 0 saturated heterocycles. The lowest BCUT2D eigenvalue weighted by molar-refractivity contribution is 0.155. The first-order valence-corrected chi connectivity index (χ1v) is 7.03. The summed E-state index contributed by atoms with van der Waals surface area (Å²) in [4.78, 5) is 1.08. The molecule has 18 heavy (non-hydrogen) atoms. The molecule has 94 valence electrons. The van der Waals surface area contributed by atoms with Crippen molar-refractivity contribution in [2.75, 3.05) is 7.11 Å². The molecule has 3 heteroatoms. The van der Waals surface area contributed by atoms with Gasteiger partial charge >= 0.3 is 0 Å². The van der Waals surface area contributed by atoms with Crippen LogP contribution >= 0.6 is 11.3 Å². The largest absolute Gasteiger partial charge is 0.497 e. The zero-order valence-corrected chi connectivity index (χ0v) is 11.1. The number of thiophene rings is 1. The molecular weight excluding hydrogens is 244 g/mol. The monoisotopic (exact) mass is 260 g/mol. The van der Waals surface area contributed by atoms with Gasteiger partial charge in [0.05, 0.1) is 13.2 Å². The van der Waals surface area contributed by atoms with E-state index in [1.54, 1.807) is 18.4 Å². The average molecular weight is 260 g/mol. The zero-order valence-electron chi connectivity index (χ0n) is 10.2. The Morgan fingerprint density at radius 3 is 2.67 bits per heavy atom. The number of rotatable bonds is 4. The van der Waals surface area contributed by atoms with E-state index in [0.717, 1.165) is 17.0 Å². The number of ether oxygens (including phenoxy) is 1. The van der Waals surface area contributed by atoms with Crippen molar-refractivity contribution in [3.8, 4) is 5.75 Å². The highest BCUT2D eigenvalue weighted by Gasteiger charge is 2.44. The standard InChI is InChI=1S/C15H16O2S/c1-17-11-6-4-10(5-7-11)12-9-13(12)15(16)14-3-2-8-18-14/h2-8,12-13,15-16H,9H2,1H3. The van der Waals surface area contributed by atoms with Crippen LogP contribution in [0.1, 0.15) is 28.9 Å². The minimum atomic E-state index is -0.308. The van der Waals surface area contributed by atoms with Crippen LogP contribution in [0.3, 0.4) is 0 Å². The highest BCUT2D eigenvalue weighted by molar-refractivity contribution is 7.10. The van der Waals surface area contributed by atoms with E-state index in [0.29, 0.717) is 11.8 Å². The fraction of sp³-hybridized carbons (Fsp3) is 0.333. The van der Waals surface area contributed by atoms with Gasteiger partial charge in [0, 0.05) is 4.88 Å². The quantitative estimate of drug-likeness (QED) is 0.910. The summed E-state index contributed by atoms with van der Waals surface area (Å²) < 4.78 is 5.15. The fourth-order valence-corrected chi connectivity index (χ4v) is 3.25. The molecular formula is C15H16O2S. The Morgan fingerprint density at radius 2 is 2.06 bits per heavy atom. The van der Waals surface area contributed by atoms with E-state index in [9.17, 15) is 5.11 Å². The van der Waals surface area contributed by atoms with Gasteiger partial charge in [-0.05, 0) is 47.4 Å². The summed E-state index contributed by atoms with van der Waals surface area (Å²) in [5.41, 5.74) is 1.30. The van der Waals surface area contributed by atoms with Gasteiger partial charge < -0.3 is 9.84 Å². The molecule has 3 unspecified atom stereocenters. The molecule has 0 aliphatic heterocycles. The molecule has 0 radical (unpaired) electrons. The summed E-state index contributed by atoms with van der Waals surface area (Å²) in [5, 5.41) is 12.3. The molecule has 2 nitrogen and oxygen atoms in total. The van der Waals surface area contributed by atoms with Crippen LogP contribution < -0.4 is 4.74 Å². The highest BCUT2D eigenvalue weighted by atomic mass is 32.1. The zero-order chi connectivity index (χ0) is 12.5. The van der Waals surface area contributed by atoms with E-state index in [4.69, 9.17) is 4.74 Å². The lowest BCUT2D eigenvalue weighted by Gasteiger charge is -2.08. The summed E-state index contributed by atoms with van der Waals surface area (Å²) in [7, 11) is 1.68. The molecule has 1 aliphatic carbocycles. The number of methoxy groups -OCH3 is 1. The molecule has 1 aromatic carbocycles. The first-order chi connectivity index (χ1) is 8.79. The van der Waals surface area contributed by atoms with E-state index in [1.807, 2.05) is 29.6 Å². The molecule has 1 heterocycles. The van der Waals surface area contributed by atoms with Gasteiger partial charge in [0.1, 0.15) is 5.75 Å². The number of benzene rings is 1. The van der Waals surface area contributed by atoms with E-state index in [2.05, 4.69) is 12.1 Å². The van der Waals surface area contributed by atoms with Crippen LogP contribution in [0.4, 0.5) is 0 Å². The van der Waals surface area contributed by atoms with Gasteiger partial charge in [-0.25, -0.2) is 0 Å². The molecule has 1 saturated carbocycles. The second kappa shape index (κ2) is 4.75. The van der Waals surface area contributed by atoms with Crippen LogP contribution in [-0.2, 0) is 0 Å². The van der Waals surface area contributed by atoms with Gasteiger partial charge in [-0.3, -0.25) is 0 Å². The maximum atomic E-state index is 10.3. The molecule has 2 aromatic rings. The van der Waals surface area contributed by atoms with Crippen molar-refractivity contribution in [2.45, 2.75) is 18.4 Å². The highest BCUT2D eigenvalue weighted by Crippen LogP contribution is 2.54. The SMILES string of the molecule is COc1ccc(C2CC2C(O)c2cccs2)cc1. The predicted octanol–water partition coefficient (Wildman–Crippen LogP) is 3.59. The first kappa shape index (κ1) is 11.8. The lowest BCUT2D eigenvalue weighted by Crippen LogP contribution is -1.98. The normalized spacial score (nSPS) is 23.7. The molecule has 0 bridgehead atoms. The number of hydrogen-bond donors (Lipinski definition) is 1. The van der Waals surface area contributed by atoms with Crippen molar-refractivity contribution in [2.24, 2.45) is 5.92 Å². The van der Waals surface area contributed by atoms with Crippen LogP contribution in [0.2, 0.25) is 0 Å². The van der Waals surface area contributed by atoms with E-state index >= 15 is 0 Å². The van der Waals surface area contributed by atoms with Crippen molar-refractivity contribution in [1.29, 1.82) is 0 Å². The molecule has 0 spiro atoms. The van der Waals surface area contributed by atoms with Gasteiger partial charge in [0.15, 0.2) is 0 Å². The van der Waals surface area contributed by atoms with Crippen LogP contribution in [0.25, 0.3) is 0 Å². The van der Waals surface area contributed by atoms with Gasteiger partial charge in [0.25, 0.3) is 0 Å². The van der Waals surface area contributed by atoms with Crippen molar-refractivity contribution < 1.29 is 9.84 Å². The Morgan fingerprint density at radius 1 is 1.28 bits per heavy atom. The van der Waals surface area contributed by atoms with Crippen molar-refractivity contribution >= 4 is 11.3 Å². The molecule has 1 fully saturated rings. The van der Waals surface area contributed by atoms with Crippen LogP contribution in [0, 0.1) is 5.92 Å². The Labute approximate surface area is 111 Å². The number of aliphatic hydroxyl groups is 1. The Hall–Kier alpha value is -1.32. The third-order valence-electron chi connectivity index (χ3n) is 3.62.